The highest BCUT2D eigenvalue weighted by Crippen LogP contribution is 2.28. The summed E-state index contributed by atoms with van der Waals surface area (Å²) in [6, 6.07) is 9.98. The van der Waals surface area contributed by atoms with Gasteiger partial charge in [0.05, 0.1) is 11.4 Å². The molecule has 1 aromatic heterocycles. The fraction of sp³-hybridized carbons (Fsp3) is 0.158. The molecular weight excluding hydrogens is 286 g/mol. The average molecular weight is 303 g/mol. The van der Waals surface area contributed by atoms with Gasteiger partial charge in [0.2, 0.25) is 5.78 Å². The van der Waals surface area contributed by atoms with Crippen molar-refractivity contribution in [3.8, 4) is 0 Å². The van der Waals surface area contributed by atoms with Gasteiger partial charge in [0.25, 0.3) is 0 Å². The van der Waals surface area contributed by atoms with Gasteiger partial charge in [0.1, 0.15) is 5.69 Å². The number of hydrogen-bond acceptors (Lipinski definition) is 3. The van der Waals surface area contributed by atoms with Gasteiger partial charge < -0.3 is 9.88 Å². The first kappa shape index (κ1) is 13.8. The van der Waals surface area contributed by atoms with E-state index in [1.54, 1.807) is 6.20 Å². The van der Waals surface area contributed by atoms with Crippen LogP contribution in [0, 0.1) is 0 Å². The van der Waals surface area contributed by atoms with Gasteiger partial charge >= 0.3 is 0 Å². The third kappa shape index (κ3) is 2.32. The van der Waals surface area contributed by atoms with Crippen LogP contribution in [-0.4, -0.2) is 22.6 Å². The maximum atomic E-state index is 12.7. The summed E-state index contributed by atoms with van der Waals surface area (Å²) in [6.45, 7) is 0.781. The van der Waals surface area contributed by atoms with E-state index >= 15 is 0 Å². The zero-order chi connectivity index (χ0) is 15.8. The maximum Gasteiger partial charge on any atom is 0.226 e. The number of allylic oxidation sites excluding steroid dienone is 2. The Bertz CT molecular complexity index is 870. The molecule has 0 radical (unpaired) electrons. The number of aliphatic imine (C=N–C) groups is 1. The molecule has 0 atom stereocenters. The van der Waals surface area contributed by atoms with Crippen LogP contribution in [0.2, 0.25) is 0 Å². The molecule has 0 amide bonds. The lowest BCUT2D eigenvalue weighted by atomic mass is 9.92. The second-order valence-corrected chi connectivity index (χ2v) is 5.78. The zero-order valence-electron chi connectivity index (χ0n) is 12.9. The number of benzene rings is 1. The summed E-state index contributed by atoms with van der Waals surface area (Å²) in [6.07, 6.45) is 8.57. The Labute approximate surface area is 134 Å². The molecule has 1 N–H and O–H groups in total. The molecule has 0 bridgehead atoms. The summed E-state index contributed by atoms with van der Waals surface area (Å²) in [7, 11) is 1.92. The first-order valence-electron chi connectivity index (χ1n) is 7.71. The Morgan fingerprint density at radius 2 is 2.09 bits per heavy atom. The summed E-state index contributed by atoms with van der Waals surface area (Å²) < 4.78 is 1.92. The molecule has 0 unspecified atom stereocenters. The fourth-order valence-corrected chi connectivity index (χ4v) is 3.16. The molecule has 0 saturated heterocycles. The number of Topliss-reactive ketones (excluding diaryl/α,β-unsaturated/α-hetero) is 1. The number of ketones is 1. The number of carbonyl (C=O) groups is 1. The minimum atomic E-state index is 0.0207. The molecule has 2 aliphatic rings. The third-order valence-corrected chi connectivity index (χ3v) is 4.23. The van der Waals surface area contributed by atoms with E-state index in [1.165, 1.54) is 5.56 Å². The molecule has 23 heavy (non-hydrogen) atoms. The molecule has 4 heteroatoms. The number of nitrogens with zero attached hydrogens (tertiary/aromatic N) is 2. The van der Waals surface area contributed by atoms with Gasteiger partial charge in [-0.1, -0.05) is 30.3 Å². The number of carbonyl (C=O) groups excluding carboxylic acids is 1. The van der Waals surface area contributed by atoms with Crippen LogP contribution in [-0.2, 0) is 13.5 Å². The van der Waals surface area contributed by atoms with E-state index in [0.29, 0.717) is 5.70 Å². The highest BCUT2D eigenvalue weighted by Gasteiger charge is 2.31. The second-order valence-electron chi connectivity index (χ2n) is 5.78. The van der Waals surface area contributed by atoms with Crippen molar-refractivity contribution in [2.75, 3.05) is 6.54 Å². The van der Waals surface area contributed by atoms with Crippen molar-refractivity contribution in [1.29, 1.82) is 0 Å². The Kier molecular flexibility index (Phi) is 3.23. The lowest BCUT2D eigenvalue weighted by Gasteiger charge is -2.19. The fourth-order valence-electron chi connectivity index (χ4n) is 3.16. The van der Waals surface area contributed by atoms with Crippen LogP contribution in [0.1, 0.15) is 27.2 Å². The molecule has 2 aromatic rings. The van der Waals surface area contributed by atoms with Gasteiger partial charge in [0.15, 0.2) is 0 Å². The van der Waals surface area contributed by atoms with E-state index in [1.807, 2.05) is 60.3 Å². The van der Waals surface area contributed by atoms with Gasteiger partial charge in [-0.05, 0) is 29.7 Å². The van der Waals surface area contributed by atoms with Crippen molar-refractivity contribution in [1.82, 2.24) is 9.88 Å². The lowest BCUT2D eigenvalue weighted by molar-refractivity contribution is 0.102. The molecule has 0 fully saturated rings. The molecule has 4 rings (SSSR count). The maximum absolute atomic E-state index is 12.7. The smallest absolute Gasteiger partial charge is 0.226 e. The Morgan fingerprint density at radius 3 is 2.91 bits per heavy atom. The molecule has 4 nitrogen and oxygen atoms in total. The van der Waals surface area contributed by atoms with Crippen LogP contribution in [0.3, 0.4) is 0 Å². The largest absolute Gasteiger partial charge is 0.358 e. The Morgan fingerprint density at radius 1 is 1.26 bits per heavy atom. The van der Waals surface area contributed by atoms with Crippen LogP contribution >= 0.6 is 0 Å². The quantitative estimate of drug-likeness (QED) is 0.947. The summed E-state index contributed by atoms with van der Waals surface area (Å²) in [5.41, 5.74) is 5.53. The number of nitrogens with one attached hydrogen (secondary N) is 1. The van der Waals surface area contributed by atoms with Crippen LogP contribution in [0.4, 0.5) is 0 Å². The van der Waals surface area contributed by atoms with E-state index in [4.69, 9.17) is 0 Å². The van der Waals surface area contributed by atoms with Crippen molar-refractivity contribution in [2.24, 2.45) is 12.0 Å². The molecule has 114 valence electrons. The van der Waals surface area contributed by atoms with Crippen LogP contribution in [0.25, 0.3) is 6.08 Å². The summed E-state index contributed by atoms with van der Waals surface area (Å²) in [5.74, 6) is 0.0207. The van der Waals surface area contributed by atoms with Crippen molar-refractivity contribution in [3.05, 3.63) is 76.9 Å². The lowest BCUT2D eigenvalue weighted by Crippen LogP contribution is -2.27. The molecular formula is C19H17N3O. The molecule has 1 aliphatic heterocycles. The van der Waals surface area contributed by atoms with Crippen molar-refractivity contribution < 1.29 is 4.79 Å². The van der Waals surface area contributed by atoms with E-state index in [2.05, 4.69) is 10.3 Å². The molecule has 1 aliphatic carbocycles. The van der Waals surface area contributed by atoms with Crippen molar-refractivity contribution in [3.63, 3.8) is 0 Å². The number of hydrogen-bond donors (Lipinski definition) is 1. The third-order valence-electron chi connectivity index (χ3n) is 4.23. The van der Waals surface area contributed by atoms with Crippen LogP contribution < -0.4 is 5.32 Å². The Hall–Kier alpha value is -2.88. The predicted octanol–water partition coefficient (Wildman–Crippen LogP) is 2.71. The Balaban J connectivity index is 1.64. The summed E-state index contributed by atoms with van der Waals surface area (Å²) >= 11 is 0. The molecule has 0 spiro atoms. The van der Waals surface area contributed by atoms with E-state index in [9.17, 15) is 4.79 Å². The zero-order valence-corrected chi connectivity index (χ0v) is 12.9. The number of aromatic nitrogens is 1. The standard InChI is InChI=1S/C19H17N3O/c1-22-12-14-8-10-20-15-11-16(19(23)18(22)17(14)15)21-9-7-13-5-3-2-4-6-13/h2-7,9,11-12,21H,8,10H2,1H3. The minimum absolute atomic E-state index is 0.0207. The van der Waals surface area contributed by atoms with Crippen LogP contribution in [0.5, 0.6) is 0 Å². The van der Waals surface area contributed by atoms with Crippen LogP contribution in [0.15, 0.2) is 59.5 Å². The molecule has 2 heterocycles. The summed E-state index contributed by atoms with van der Waals surface area (Å²) in [5, 5.41) is 3.12. The minimum Gasteiger partial charge on any atom is -0.358 e. The molecule has 1 aromatic carbocycles. The first-order chi connectivity index (χ1) is 11.2. The van der Waals surface area contributed by atoms with E-state index in [-0.39, 0.29) is 5.78 Å². The van der Waals surface area contributed by atoms with Gasteiger partial charge in [0, 0.05) is 31.6 Å². The summed E-state index contributed by atoms with van der Waals surface area (Å²) in [4.78, 5) is 17.3. The normalized spacial score (nSPS) is 16.1. The monoisotopic (exact) mass is 303 g/mol. The average Bonchev–Trinajstić information content (AvgIpc) is 2.91. The van der Waals surface area contributed by atoms with E-state index < -0.39 is 0 Å². The molecule has 0 saturated carbocycles. The SMILES string of the molecule is Cn1cc2c3c1C(=O)C(NC=Cc1ccccc1)=CC3=NCC2. The van der Waals surface area contributed by atoms with Gasteiger partial charge in [-0.25, -0.2) is 0 Å². The highest BCUT2D eigenvalue weighted by molar-refractivity contribution is 6.26. The second kappa shape index (κ2) is 5.39. The topological polar surface area (TPSA) is 46.4 Å². The van der Waals surface area contributed by atoms with Gasteiger partial charge in [-0.3, -0.25) is 9.79 Å². The number of rotatable bonds is 3. The first-order valence-corrected chi connectivity index (χ1v) is 7.71. The van der Waals surface area contributed by atoms with Gasteiger partial charge in [-0.2, -0.15) is 0 Å². The van der Waals surface area contributed by atoms with Crippen molar-refractivity contribution in [2.45, 2.75) is 6.42 Å². The highest BCUT2D eigenvalue weighted by atomic mass is 16.1. The van der Waals surface area contributed by atoms with E-state index in [0.717, 1.165) is 35.5 Å². The predicted molar refractivity (Wildman–Crippen MR) is 91.5 cm³/mol. The van der Waals surface area contributed by atoms with Crippen molar-refractivity contribution >= 4 is 17.6 Å². The van der Waals surface area contributed by atoms with Gasteiger partial charge in [-0.15, -0.1) is 0 Å². The number of aryl methyl sites for hydroxylation is 1.